The Morgan fingerprint density at radius 2 is 1.84 bits per heavy atom. The normalized spacial score (nSPS) is 10.3. The monoisotopic (exact) mass is 361 g/mol. The van der Waals surface area contributed by atoms with Gasteiger partial charge in [-0.1, -0.05) is 39.1 Å². The molecular formula is C13H7BrCl2FNO. The van der Waals surface area contributed by atoms with E-state index < -0.39 is 11.7 Å². The maximum Gasteiger partial charge on any atom is 0.258 e. The van der Waals surface area contributed by atoms with Gasteiger partial charge in [-0.25, -0.2) is 4.39 Å². The minimum absolute atomic E-state index is 0.0551. The van der Waals surface area contributed by atoms with E-state index in [1.165, 1.54) is 24.3 Å². The van der Waals surface area contributed by atoms with Gasteiger partial charge < -0.3 is 5.32 Å². The van der Waals surface area contributed by atoms with Crippen LogP contribution in [-0.2, 0) is 0 Å². The third-order valence-corrected chi connectivity index (χ3v) is 3.58. The molecule has 0 aromatic heterocycles. The summed E-state index contributed by atoms with van der Waals surface area (Å²) in [6, 6.07) is 8.78. The molecule has 2 rings (SSSR count). The first-order valence-electron chi connectivity index (χ1n) is 5.19. The largest absolute Gasteiger partial charge is 0.322 e. The molecule has 19 heavy (non-hydrogen) atoms. The highest BCUT2D eigenvalue weighted by molar-refractivity contribution is 9.10. The summed E-state index contributed by atoms with van der Waals surface area (Å²) in [5.41, 5.74) is 0.388. The van der Waals surface area contributed by atoms with Crippen molar-refractivity contribution in [2.24, 2.45) is 0 Å². The molecule has 98 valence electrons. The van der Waals surface area contributed by atoms with Crippen molar-refractivity contribution in [3.05, 3.63) is 62.3 Å². The minimum atomic E-state index is -0.597. The number of hydrogen-bond acceptors (Lipinski definition) is 1. The third kappa shape index (κ3) is 3.47. The van der Waals surface area contributed by atoms with E-state index in [0.29, 0.717) is 20.2 Å². The maximum atomic E-state index is 13.5. The van der Waals surface area contributed by atoms with Crippen molar-refractivity contribution in [2.45, 2.75) is 0 Å². The van der Waals surface area contributed by atoms with Crippen molar-refractivity contribution in [3.63, 3.8) is 0 Å². The van der Waals surface area contributed by atoms with Crippen LogP contribution in [-0.4, -0.2) is 5.91 Å². The van der Waals surface area contributed by atoms with Gasteiger partial charge in [0, 0.05) is 10.2 Å². The minimum Gasteiger partial charge on any atom is -0.322 e. The van der Waals surface area contributed by atoms with E-state index >= 15 is 0 Å². The Hall–Kier alpha value is -1.10. The molecule has 0 spiro atoms. The quantitative estimate of drug-likeness (QED) is 0.786. The SMILES string of the molecule is O=C(Nc1ccc(Cl)c(Cl)c1)c1cc(Br)ccc1F. The van der Waals surface area contributed by atoms with Crippen LogP contribution in [0.5, 0.6) is 0 Å². The van der Waals surface area contributed by atoms with Crippen molar-refractivity contribution in [2.75, 3.05) is 5.32 Å². The molecule has 6 heteroatoms. The Kier molecular flexibility index (Phi) is 4.45. The van der Waals surface area contributed by atoms with E-state index in [1.807, 2.05) is 0 Å². The van der Waals surface area contributed by atoms with Gasteiger partial charge in [-0.3, -0.25) is 4.79 Å². The summed E-state index contributed by atoms with van der Waals surface area (Å²) in [6.07, 6.45) is 0. The molecular weight excluding hydrogens is 356 g/mol. The second-order valence-corrected chi connectivity index (χ2v) is 5.44. The molecule has 2 aromatic carbocycles. The Morgan fingerprint density at radius 1 is 1.11 bits per heavy atom. The summed E-state index contributed by atoms with van der Waals surface area (Å²) >= 11 is 14.8. The van der Waals surface area contributed by atoms with Crippen molar-refractivity contribution in [3.8, 4) is 0 Å². The van der Waals surface area contributed by atoms with Crippen LogP contribution >= 0.6 is 39.1 Å². The second-order valence-electron chi connectivity index (χ2n) is 3.71. The Morgan fingerprint density at radius 3 is 2.53 bits per heavy atom. The second kappa shape index (κ2) is 5.90. The van der Waals surface area contributed by atoms with Gasteiger partial charge in [-0.05, 0) is 36.4 Å². The topological polar surface area (TPSA) is 29.1 Å². The van der Waals surface area contributed by atoms with Crippen molar-refractivity contribution in [1.29, 1.82) is 0 Å². The molecule has 0 aliphatic carbocycles. The molecule has 0 unspecified atom stereocenters. The van der Waals surface area contributed by atoms with Crippen LogP contribution in [0, 0.1) is 5.82 Å². The number of amides is 1. The van der Waals surface area contributed by atoms with E-state index in [0.717, 1.165) is 0 Å². The molecule has 2 nitrogen and oxygen atoms in total. The zero-order valence-corrected chi connectivity index (χ0v) is 12.5. The van der Waals surface area contributed by atoms with Gasteiger partial charge in [-0.2, -0.15) is 0 Å². The van der Waals surface area contributed by atoms with E-state index in [1.54, 1.807) is 12.1 Å². The first kappa shape index (κ1) is 14.3. The molecule has 0 saturated heterocycles. The standard InChI is InChI=1S/C13H7BrCl2FNO/c14-7-1-4-12(17)9(5-7)13(19)18-8-2-3-10(15)11(16)6-8/h1-6H,(H,18,19). The summed E-state index contributed by atoms with van der Waals surface area (Å²) in [5.74, 6) is -1.15. The lowest BCUT2D eigenvalue weighted by molar-refractivity contribution is 0.102. The summed E-state index contributed by atoms with van der Waals surface area (Å²) in [5, 5.41) is 3.25. The molecule has 0 aliphatic heterocycles. The highest BCUT2D eigenvalue weighted by atomic mass is 79.9. The number of carbonyl (C=O) groups is 1. The Labute approximate surface area is 127 Å². The molecule has 1 N–H and O–H groups in total. The Balaban J connectivity index is 2.25. The average Bonchev–Trinajstić information content (AvgIpc) is 2.36. The van der Waals surface area contributed by atoms with E-state index in [9.17, 15) is 9.18 Å². The number of carbonyl (C=O) groups excluding carboxylic acids is 1. The fraction of sp³-hybridized carbons (Fsp3) is 0. The zero-order chi connectivity index (χ0) is 14.0. The molecule has 1 amide bonds. The molecule has 0 saturated carbocycles. The molecule has 2 aromatic rings. The van der Waals surface area contributed by atoms with Gasteiger partial charge in [0.2, 0.25) is 0 Å². The fourth-order valence-electron chi connectivity index (χ4n) is 1.44. The van der Waals surface area contributed by atoms with Gasteiger partial charge in [0.1, 0.15) is 5.82 Å². The fourth-order valence-corrected chi connectivity index (χ4v) is 2.10. The molecule has 0 fully saturated rings. The third-order valence-electron chi connectivity index (χ3n) is 2.35. The number of benzene rings is 2. The summed E-state index contributed by atoms with van der Waals surface area (Å²) in [4.78, 5) is 11.9. The van der Waals surface area contributed by atoms with Gasteiger partial charge in [0.05, 0.1) is 15.6 Å². The van der Waals surface area contributed by atoms with Crippen LogP contribution in [0.2, 0.25) is 10.0 Å². The zero-order valence-electron chi connectivity index (χ0n) is 9.38. The van der Waals surface area contributed by atoms with Crippen molar-refractivity contribution >= 4 is 50.7 Å². The smallest absolute Gasteiger partial charge is 0.258 e. The Bertz CT molecular complexity index is 649. The van der Waals surface area contributed by atoms with Crippen molar-refractivity contribution < 1.29 is 9.18 Å². The lowest BCUT2D eigenvalue weighted by Gasteiger charge is -2.07. The first-order chi connectivity index (χ1) is 8.97. The first-order valence-corrected chi connectivity index (χ1v) is 6.74. The van der Waals surface area contributed by atoms with Gasteiger partial charge >= 0.3 is 0 Å². The van der Waals surface area contributed by atoms with Crippen molar-refractivity contribution in [1.82, 2.24) is 0 Å². The van der Waals surface area contributed by atoms with Crippen LogP contribution in [0.1, 0.15) is 10.4 Å². The molecule has 0 radical (unpaired) electrons. The van der Waals surface area contributed by atoms with E-state index in [2.05, 4.69) is 21.2 Å². The van der Waals surface area contributed by atoms with Gasteiger partial charge in [0.25, 0.3) is 5.91 Å². The molecule has 0 atom stereocenters. The highest BCUT2D eigenvalue weighted by Crippen LogP contribution is 2.25. The number of hydrogen-bond donors (Lipinski definition) is 1. The van der Waals surface area contributed by atoms with Crippen LogP contribution in [0.4, 0.5) is 10.1 Å². The van der Waals surface area contributed by atoms with Crippen LogP contribution in [0.15, 0.2) is 40.9 Å². The summed E-state index contributed by atoms with van der Waals surface area (Å²) in [7, 11) is 0. The number of halogens is 4. The summed E-state index contributed by atoms with van der Waals surface area (Å²) < 4.78 is 14.2. The van der Waals surface area contributed by atoms with Gasteiger partial charge in [0.15, 0.2) is 0 Å². The highest BCUT2D eigenvalue weighted by Gasteiger charge is 2.12. The molecule has 0 heterocycles. The lowest BCUT2D eigenvalue weighted by atomic mass is 10.2. The van der Waals surface area contributed by atoms with Crippen LogP contribution in [0.3, 0.4) is 0 Å². The van der Waals surface area contributed by atoms with E-state index in [4.69, 9.17) is 23.2 Å². The summed E-state index contributed by atoms with van der Waals surface area (Å²) in [6.45, 7) is 0. The average molecular weight is 363 g/mol. The maximum absolute atomic E-state index is 13.5. The predicted octanol–water partition coefficient (Wildman–Crippen LogP) is 5.15. The molecule has 0 bridgehead atoms. The van der Waals surface area contributed by atoms with E-state index in [-0.39, 0.29) is 5.56 Å². The number of nitrogens with one attached hydrogen (secondary N) is 1. The number of rotatable bonds is 2. The van der Waals surface area contributed by atoms with Crippen LogP contribution in [0.25, 0.3) is 0 Å². The number of anilines is 1. The van der Waals surface area contributed by atoms with Gasteiger partial charge in [-0.15, -0.1) is 0 Å². The lowest BCUT2D eigenvalue weighted by Crippen LogP contribution is -2.13. The van der Waals surface area contributed by atoms with Crippen LogP contribution < -0.4 is 5.32 Å². The predicted molar refractivity (Wildman–Crippen MR) is 78.5 cm³/mol. The molecule has 0 aliphatic rings.